The van der Waals surface area contributed by atoms with Crippen LogP contribution < -0.4 is 4.74 Å². The molecule has 1 aromatic heterocycles. The van der Waals surface area contributed by atoms with Gasteiger partial charge >= 0.3 is 0 Å². The molecule has 0 amide bonds. The maximum Gasteiger partial charge on any atom is 0.177 e. The summed E-state index contributed by atoms with van der Waals surface area (Å²) < 4.78 is 12.7. The Balaban J connectivity index is 1.90. The first-order chi connectivity index (χ1) is 10.2. The van der Waals surface area contributed by atoms with Crippen molar-refractivity contribution in [1.82, 2.24) is 0 Å². The highest BCUT2D eigenvalue weighted by Crippen LogP contribution is 2.55. The molecule has 3 aromatic rings. The van der Waals surface area contributed by atoms with Crippen molar-refractivity contribution in [1.29, 1.82) is 0 Å². The van der Waals surface area contributed by atoms with Gasteiger partial charge in [-0.1, -0.05) is 46.3 Å². The Morgan fingerprint density at radius 3 is 2.52 bits per heavy atom. The molecule has 1 fully saturated rings. The van der Waals surface area contributed by atoms with Crippen LogP contribution in [0.3, 0.4) is 0 Å². The molecule has 0 saturated heterocycles. The molecule has 0 atom stereocenters. The minimum absolute atomic E-state index is 0.0464. The van der Waals surface area contributed by atoms with E-state index in [0.29, 0.717) is 0 Å². The summed E-state index contributed by atoms with van der Waals surface area (Å²) in [6.45, 7) is 0. The minimum atomic E-state index is 0.0464. The number of fused-ring (bicyclic) bond motifs is 1. The van der Waals surface area contributed by atoms with Gasteiger partial charge in [0.1, 0.15) is 5.76 Å². The van der Waals surface area contributed by atoms with Gasteiger partial charge in [-0.15, -0.1) is 0 Å². The van der Waals surface area contributed by atoms with Gasteiger partial charge in [0, 0.05) is 9.86 Å². The van der Waals surface area contributed by atoms with Crippen LogP contribution in [0, 0.1) is 0 Å². The summed E-state index contributed by atoms with van der Waals surface area (Å²) in [5, 5.41) is 1.08. The lowest BCUT2D eigenvalue weighted by Gasteiger charge is -2.12. The van der Waals surface area contributed by atoms with E-state index >= 15 is 0 Å². The largest absolute Gasteiger partial charge is 0.493 e. The smallest absolute Gasteiger partial charge is 0.177 e. The molecule has 1 aliphatic rings. The van der Waals surface area contributed by atoms with E-state index in [-0.39, 0.29) is 5.41 Å². The first-order valence-electron chi connectivity index (χ1n) is 7.07. The van der Waals surface area contributed by atoms with E-state index in [1.165, 1.54) is 5.56 Å². The predicted molar refractivity (Wildman–Crippen MR) is 86.9 cm³/mol. The number of ether oxygens (including phenoxy) is 1. The average Bonchev–Trinajstić information content (AvgIpc) is 3.21. The molecule has 1 heterocycles. The number of benzene rings is 2. The summed E-state index contributed by atoms with van der Waals surface area (Å²) in [6, 6.07) is 16.7. The van der Waals surface area contributed by atoms with Crippen LogP contribution in [0.25, 0.3) is 11.0 Å². The normalized spacial score (nSPS) is 16.1. The van der Waals surface area contributed by atoms with Crippen molar-refractivity contribution in [3.63, 3.8) is 0 Å². The van der Waals surface area contributed by atoms with Crippen LogP contribution in [-0.2, 0) is 5.41 Å². The van der Waals surface area contributed by atoms with Gasteiger partial charge in [-0.05, 0) is 36.6 Å². The van der Waals surface area contributed by atoms with E-state index < -0.39 is 0 Å². The highest BCUT2D eigenvalue weighted by Gasteiger charge is 2.48. The number of methoxy groups -OCH3 is 1. The summed E-state index contributed by atoms with van der Waals surface area (Å²) in [6.07, 6.45) is 2.27. The topological polar surface area (TPSA) is 22.4 Å². The number of halogens is 1. The second-order valence-electron chi connectivity index (χ2n) is 5.55. The zero-order chi connectivity index (χ0) is 14.4. The van der Waals surface area contributed by atoms with Gasteiger partial charge in [0.15, 0.2) is 11.3 Å². The number of rotatable bonds is 3. The van der Waals surface area contributed by atoms with E-state index in [0.717, 1.165) is 39.8 Å². The van der Waals surface area contributed by atoms with Crippen LogP contribution in [0.5, 0.6) is 5.75 Å². The molecule has 106 valence electrons. The van der Waals surface area contributed by atoms with Gasteiger partial charge in [-0.3, -0.25) is 0 Å². The maximum absolute atomic E-state index is 6.20. The van der Waals surface area contributed by atoms with Gasteiger partial charge in [0.25, 0.3) is 0 Å². The van der Waals surface area contributed by atoms with Gasteiger partial charge in [0.2, 0.25) is 0 Å². The minimum Gasteiger partial charge on any atom is -0.493 e. The third-order valence-corrected chi connectivity index (χ3v) is 5.05. The van der Waals surface area contributed by atoms with Crippen molar-refractivity contribution in [2.75, 3.05) is 7.11 Å². The molecule has 0 spiro atoms. The fourth-order valence-electron chi connectivity index (χ4n) is 3.02. The monoisotopic (exact) mass is 342 g/mol. The Labute approximate surface area is 131 Å². The Morgan fingerprint density at radius 2 is 1.86 bits per heavy atom. The highest BCUT2D eigenvalue weighted by atomic mass is 79.9. The van der Waals surface area contributed by atoms with Crippen LogP contribution in [0.15, 0.2) is 57.4 Å². The molecule has 4 rings (SSSR count). The van der Waals surface area contributed by atoms with Crippen molar-refractivity contribution < 1.29 is 9.15 Å². The summed E-state index contributed by atoms with van der Waals surface area (Å²) in [5.41, 5.74) is 2.20. The van der Waals surface area contributed by atoms with Crippen molar-refractivity contribution in [3.05, 3.63) is 64.3 Å². The lowest BCUT2D eigenvalue weighted by Crippen LogP contribution is -2.06. The van der Waals surface area contributed by atoms with E-state index in [9.17, 15) is 0 Å². The summed E-state index contributed by atoms with van der Waals surface area (Å²) in [7, 11) is 1.68. The fourth-order valence-corrected chi connectivity index (χ4v) is 3.45. The van der Waals surface area contributed by atoms with Crippen LogP contribution in [-0.4, -0.2) is 7.11 Å². The lowest BCUT2D eigenvalue weighted by molar-refractivity contribution is 0.405. The maximum atomic E-state index is 6.20. The van der Waals surface area contributed by atoms with Gasteiger partial charge < -0.3 is 9.15 Å². The molecule has 0 N–H and O–H groups in total. The third-order valence-electron chi connectivity index (χ3n) is 4.36. The first-order valence-corrected chi connectivity index (χ1v) is 7.86. The molecular weight excluding hydrogens is 328 g/mol. The summed E-state index contributed by atoms with van der Waals surface area (Å²) in [5.74, 6) is 1.82. The number of hydrogen-bond acceptors (Lipinski definition) is 2. The summed E-state index contributed by atoms with van der Waals surface area (Å²) >= 11 is 3.60. The van der Waals surface area contributed by atoms with Crippen LogP contribution in [0.4, 0.5) is 0 Å². The Morgan fingerprint density at radius 1 is 1.10 bits per heavy atom. The van der Waals surface area contributed by atoms with Crippen molar-refractivity contribution >= 4 is 26.9 Å². The molecule has 2 aromatic carbocycles. The summed E-state index contributed by atoms with van der Waals surface area (Å²) in [4.78, 5) is 0. The lowest BCUT2D eigenvalue weighted by atomic mass is 9.93. The molecule has 0 radical (unpaired) electrons. The quantitative estimate of drug-likeness (QED) is 0.645. The molecule has 0 unspecified atom stereocenters. The number of hydrogen-bond donors (Lipinski definition) is 0. The van der Waals surface area contributed by atoms with Gasteiger partial charge in [0.05, 0.1) is 12.5 Å². The van der Waals surface area contributed by atoms with Crippen molar-refractivity contribution in [2.45, 2.75) is 18.3 Å². The predicted octanol–water partition coefficient (Wildman–Crippen LogP) is 5.28. The average molecular weight is 343 g/mol. The SMILES string of the molecule is COc1ccc(Br)c2cc(C3(c4ccccc4)CC3)oc12. The molecule has 21 heavy (non-hydrogen) atoms. The molecule has 0 bridgehead atoms. The number of furan rings is 1. The molecule has 0 aliphatic heterocycles. The molecule has 1 aliphatic carbocycles. The third kappa shape index (κ3) is 1.91. The van der Waals surface area contributed by atoms with E-state index in [4.69, 9.17) is 9.15 Å². The second-order valence-corrected chi connectivity index (χ2v) is 6.41. The van der Waals surface area contributed by atoms with E-state index in [2.05, 4.69) is 52.3 Å². The second kappa shape index (κ2) is 4.63. The highest BCUT2D eigenvalue weighted by molar-refractivity contribution is 9.10. The zero-order valence-corrected chi connectivity index (χ0v) is 13.3. The fraction of sp³-hybridized carbons (Fsp3) is 0.222. The van der Waals surface area contributed by atoms with Crippen LogP contribution in [0.2, 0.25) is 0 Å². The molecule has 3 heteroatoms. The van der Waals surface area contributed by atoms with Crippen molar-refractivity contribution in [2.24, 2.45) is 0 Å². The van der Waals surface area contributed by atoms with Gasteiger partial charge in [-0.25, -0.2) is 0 Å². The Bertz CT molecular complexity index is 801. The van der Waals surface area contributed by atoms with Crippen LogP contribution in [0.1, 0.15) is 24.2 Å². The van der Waals surface area contributed by atoms with E-state index in [1.807, 2.05) is 12.1 Å². The Hall–Kier alpha value is -1.74. The Kier molecular flexibility index (Phi) is 2.86. The van der Waals surface area contributed by atoms with Gasteiger partial charge in [-0.2, -0.15) is 0 Å². The first kappa shape index (κ1) is 13.0. The zero-order valence-electron chi connectivity index (χ0n) is 11.7. The molecule has 2 nitrogen and oxygen atoms in total. The molecular formula is C18H15BrO2. The van der Waals surface area contributed by atoms with Crippen molar-refractivity contribution in [3.8, 4) is 5.75 Å². The molecule has 1 saturated carbocycles. The van der Waals surface area contributed by atoms with Crippen LogP contribution >= 0.6 is 15.9 Å². The van der Waals surface area contributed by atoms with E-state index in [1.54, 1.807) is 7.11 Å². The standard InChI is InChI=1S/C18H15BrO2/c1-20-15-8-7-14(19)13-11-16(21-17(13)15)18(9-10-18)12-5-3-2-4-6-12/h2-8,11H,9-10H2,1H3.